The number of esters is 1. The van der Waals surface area contributed by atoms with Crippen LogP contribution in [0.15, 0.2) is 18.2 Å². The maximum atomic E-state index is 13.2. The average molecular weight is 371 g/mol. The van der Waals surface area contributed by atoms with E-state index in [1.807, 2.05) is 13.8 Å². The van der Waals surface area contributed by atoms with Crippen LogP contribution in [0.5, 0.6) is 5.75 Å². The fourth-order valence-electron chi connectivity index (χ4n) is 2.81. The predicted molar refractivity (Wildman–Crippen MR) is 79.8 cm³/mol. The highest BCUT2D eigenvalue weighted by Crippen LogP contribution is 2.65. The molecule has 2 rings (SSSR count). The van der Waals surface area contributed by atoms with Crippen LogP contribution in [0.4, 0.5) is 13.2 Å². The molecule has 3 nitrogen and oxygen atoms in total. The van der Waals surface area contributed by atoms with E-state index >= 15 is 0 Å². The third-order valence-corrected chi connectivity index (χ3v) is 4.65. The maximum Gasteiger partial charge on any atom is 0.444 e. The highest BCUT2D eigenvalue weighted by atomic mass is 35.5. The first kappa shape index (κ1) is 18.2. The lowest BCUT2D eigenvalue weighted by molar-refractivity contribution is -0.198. The molecule has 0 spiro atoms. The number of hydrogen-bond donors (Lipinski definition) is 0. The van der Waals surface area contributed by atoms with Gasteiger partial charge in [0.25, 0.3) is 5.63 Å². The van der Waals surface area contributed by atoms with Crippen molar-refractivity contribution in [2.24, 2.45) is 11.3 Å². The second-order valence-corrected chi connectivity index (χ2v) is 6.74. The molecular weight excluding hydrogens is 356 g/mol. The van der Waals surface area contributed by atoms with Gasteiger partial charge in [0.1, 0.15) is 5.75 Å². The van der Waals surface area contributed by atoms with Crippen LogP contribution in [0.3, 0.4) is 0 Å². The lowest BCUT2D eigenvalue weighted by atomic mass is 10.0. The predicted octanol–water partition coefficient (Wildman–Crippen LogP) is 4.76. The molecule has 0 N–H and O–H groups in total. The van der Waals surface area contributed by atoms with E-state index in [0.29, 0.717) is 5.56 Å². The van der Waals surface area contributed by atoms with Crippen molar-refractivity contribution in [3.8, 4) is 5.75 Å². The zero-order valence-corrected chi connectivity index (χ0v) is 14.1. The Hall–Kier alpha value is -1.14. The SMILES string of the molecule is COC(=O)C1C(c2ccc(OC(F)(F)C(F)Cl)c(Cl)c2)C1(C)C. The molecule has 3 unspecified atom stereocenters. The normalized spacial score (nSPS) is 24.0. The number of rotatable bonds is 5. The number of ether oxygens (including phenoxy) is 2. The number of halogens is 5. The van der Waals surface area contributed by atoms with E-state index < -0.39 is 17.5 Å². The molecule has 1 aliphatic carbocycles. The van der Waals surface area contributed by atoms with Crippen LogP contribution < -0.4 is 4.74 Å². The number of hydrogen-bond acceptors (Lipinski definition) is 3. The van der Waals surface area contributed by atoms with Gasteiger partial charge in [0.15, 0.2) is 0 Å². The van der Waals surface area contributed by atoms with E-state index in [-0.39, 0.29) is 28.2 Å². The van der Waals surface area contributed by atoms with Crippen LogP contribution >= 0.6 is 23.2 Å². The molecule has 0 saturated heterocycles. The Morgan fingerprint density at radius 2 is 2.00 bits per heavy atom. The Balaban J connectivity index is 2.23. The highest BCUT2D eigenvalue weighted by Gasteiger charge is 2.63. The van der Waals surface area contributed by atoms with E-state index in [1.165, 1.54) is 25.3 Å². The number of alkyl halides is 4. The van der Waals surface area contributed by atoms with Crippen LogP contribution in [-0.2, 0) is 9.53 Å². The topological polar surface area (TPSA) is 35.5 Å². The van der Waals surface area contributed by atoms with Crippen molar-refractivity contribution in [3.63, 3.8) is 0 Å². The van der Waals surface area contributed by atoms with Crippen molar-refractivity contribution in [2.75, 3.05) is 7.11 Å². The van der Waals surface area contributed by atoms with Gasteiger partial charge in [0.05, 0.1) is 18.1 Å². The second-order valence-electron chi connectivity index (χ2n) is 5.95. The van der Waals surface area contributed by atoms with Crippen LogP contribution in [0, 0.1) is 11.3 Å². The van der Waals surface area contributed by atoms with Crippen molar-refractivity contribution in [1.29, 1.82) is 0 Å². The van der Waals surface area contributed by atoms with Gasteiger partial charge in [-0.25, -0.2) is 4.39 Å². The summed E-state index contributed by atoms with van der Waals surface area (Å²) in [5.41, 5.74) is -2.64. The van der Waals surface area contributed by atoms with E-state index in [2.05, 4.69) is 4.74 Å². The third-order valence-electron chi connectivity index (χ3n) is 4.10. The van der Waals surface area contributed by atoms with E-state index in [9.17, 15) is 18.0 Å². The monoisotopic (exact) mass is 370 g/mol. The van der Waals surface area contributed by atoms with Gasteiger partial charge in [-0.3, -0.25) is 4.79 Å². The van der Waals surface area contributed by atoms with Crippen LogP contribution in [0.1, 0.15) is 25.3 Å². The molecule has 8 heteroatoms. The summed E-state index contributed by atoms with van der Waals surface area (Å²) < 4.78 is 47.9. The lowest BCUT2D eigenvalue weighted by Crippen LogP contribution is -2.32. The van der Waals surface area contributed by atoms with Crippen molar-refractivity contribution >= 4 is 29.2 Å². The number of carbonyl (C=O) groups is 1. The summed E-state index contributed by atoms with van der Waals surface area (Å²) >= 11 is 10.7. The lowest BCUT2D eigenvalue weighted by Gasteiger charge is -2.19. The summed E-state index contributed by atoms with van der Waals surface area (Å²) in [7, 11) is 1.30. The average Bonchev–Trinajstić information content (AvgIpc) is 3.02. The molecule has 0 bridgehead atoms. The minimum Gasteiger partial charge on any atom is -0.469 e. The molecule has 3 atom stereocenters. The van der Waals surface area contributed by atoms with Crippen LogP contribution in [0.2, 0.25) is 5.02 Å². The molecule has 1 fully saturated rings. The van der Waals surface area contributed by atoms with Crippen LogP contribution in [-0.4, -0.2) is 24.8 Å². The first-order valence-electron chi connectivity index (χ1n) is 6.74. The molecular formula is C15H15Cl2F3O3. The first-order valence-corrected chi connectivity index (χ1v) is 7.56. The van der Waals surface area contributed by atoms with Gasteiger partial charge in [-0.05, 0) is 23.1 Å². The van der Waals surface area contributed by atoms with Crippen molar-refractivity contribution in [3.05, 3.63) is 28.8 Å². The van der Waals surface area contributed by atoms with Gasteiger partial charge >= 0.3 is 12.1 Å². The minimum absolute atomic E-state index is 0.120. The van der Waals surface area contributed by atoms with Gasteiger partial charge in [-0.2, -0.15) is 8.78 Å². The molecule has 0 amide bonds. The zero-order chi connectivity index (χ0) is 17.6. The standard InChI is InChI=1S/C15H15Cl2F3O3/c1-14(2)10(11(14)12(21)22-3)7-4-5-9(8(16)6-7)23-15(19,20)13(17)18/h4-6,10-11,13H,1-3H3. The van der Waals surface area contributed by atoms with Gasteiger partial charge in [0, 0.05) is 5.92 Å². The molecule has 1 aromatic rings. The summed E-state index contributed by atoms with van der Waals surface area (Å²) in [4.78, 5) is 11.8. The van der Waals surface area contributed by atoms with Crippen molar-refractivity contribution < 1.29 is 27.4 Å². The molecule has 0 aromatic heterocycles. The number of methoxy groups -OCH3 is 1. The Bertz CT molecular complexity index is 620. The smallest absolute Gasteiger partial charge is 0.444 e. The fraction of sp³-hybridized carbons (Fsp3) is 0.533. The molecule has 1 aromatic carbocycles. The molecule has 128 valence electrons. The second kappa shape index (κ2) is 6.06. The highest BCUT2D eigenvalue weighted by molar-refractivity contribution is 6.32. The minimum atomic E-state index is -4.19. The van der Waals surface area contributed by atoms with Crippen molar-refractivity contribution in [1.82, 2.24) is 0 Å². The fourth-order valence-corrected chi connectivity index (χ4v) is 3.08. The summed E-state index contributed by atoms with van der Waals surface area (Å²) in [6.45, 7) is 3.79. The molecule has 1 aliphatic rings. The summed E-state index contributed by atoms with van der Waals surface area (Å²) in [5, 5.41) is -0.120. The third kappa shape index (κ3) is 3.38. The number of carbonyl (C=O) groups excluding carboxylic acids is 1. The molecule has 0 radical (unpaired) electrons. The van der Waals surface area contributed by atoms with Gasteiger partial charge in [0.2, 0.25) is 0 Å². The van der Waals surface area contributed by atoms with E-state index in [1.54, 1.807) is 0 Å². The van der Waals surface area contributed by atoms with Crippen LogP contribution in [0.25, 0.3) is 0 Å². The zero-order valence-electron chi connectivity index (χ0n) is 12.6. The van der Waals surface area contributed by atoms with Gasteiger partial charge in [-0.1, -0.05) is 43.1 Å². The summed E-state index contributed by atoms with van der Waals surface area (Å²) in [6.07, 6.45) is -4.19. The largest absolute Gasteiger partial charge is 0.469 e. The summed E-state index contributed by atoms with van der Waals surface area (Å²) in [5.74, 6) is -1.22. The molecule has 0 heterocycles. The Morgan fingerprint density at radius 1 is 1.39 bits per heavy atom. The van der Waals surface area contributed by atoms with E-state index in [4.69, 9.17) is 27.9 Å². The Kier molecular flexibility index (Phi) is 4.79. The van der Waals surface area contributed by atoms with Gasteiger partial charge in [-0.15, -0.1) is 0 Å². The molecule has 1 saturated carbocycles. The number of benzene rings is 1. The Morgan fingerprint density at radius 3 is 2.48 bits per heavy atom. The summed E-state index contributed by atoms with van der Waals surface area (Å²) in [6, 6.07) is 4.13. The van der Waals surface area contributed by atoms with Crippen molar-refractivity contribution in [2.45, 2.75) is 31.5 Å². The maximum absolute atomic E-state index is 13.2. The van der Waals surface area contributed by atoms with Gasteiger partial charge < -0.3 is 9.47 Å². The first-order chi connectivity index (χ1) is 10.5. The quantitative estimate of drug-likeness (QED) is 0.553. The Labute approximate surface area is 141 Å². The van der Waals surface area contributed by atoms with E-state index in [0.717, 1.165) is 0 Å². The molecule has 0 aliphatic heterocycles. The molecule has 23 heavy (non-hydrogen) atoms.